The van der Waals surface area contributed by atoms with Crippen LogP contribution in [0.2, 0.25) is 0 Å². The van der Waals surface area contributed by atoms with E-state index >= 15 is 0 Å². The molecule has 1 unspecified atom stereocenters. The first kappa shape index (κ1) is 13.8. The second kappa shape index (κ2) is 5.67. The lowest BCUT2D eigenvalue weighted by atomic mass is 9.93. The van der Waals surface area contributed by atoms with Gasteiger partial charge >= 0.3 is 0 Å². The van der Waals surface area contributed by atoms with Gasteiger partial charge in [0.15, 0.2) is 0 Å². The van der Waals surface area contributed by atoms with E-state index in [2.05, 4.69) is 26.3 Å². The molecule has 1 fully saturated rings. The molecular formula is C14H20N6O. The van der Waals surface area contributed by atoms with Crippen molar-refractivity contribution in [3.8, 4) is 0 Å². The number of hydrogen-bond donors (Lipinski definition) is 1. The zero-order chi connectivity index (χ0) is 14.8. The number of nitrogens with two attached hydrogens (primary N) is 1. The molecule has 7 nitrogen and oxygen atoms in total. The summed E-state index contributed by atoms with van der Waals surface area (Å²) < 4.78 is 1.72. The summed E-state index contributed by atoms with van der Waals surface area (Å²) in [5.41, 5.74) is 8.06. The molecule has 1 amide bonds. The van der Waals surface area contributed by atoms with Gasteiger partial charge in [0.2, 0.25) is 11.6 Å². The predicted molar refractivity (Wildman–Crippen MR) is 78.9 cm³/mol. The van der Waals surface area contributed by atoms with Gasteiger partial charge in [-0.2, -0.15) is 9.61 Å². The molecule has 1 aliphatic rings. The number of aromatic nitrogens is 4. The number of nitrogens with zero attached hydrogens (tertiary/aromatic N) is 5. The maximum absolute atomic E-state index is 11.0. The number of amides is 1. The molecule has 2 N–H and O–H groups in total. The van der Waals surface area contributed by atoms with Crippen LogP contribution in [-0.2, 0) is 4.79 Å². The summed E-state index contributed by atoms with van der Waals surface area (Å²) in [4.78, 5) is 13.3. The van der Waals surface area contributed by atoms with Gasteiger partial charge in [0, 0.05) is 19.5 Å². The number of hydrogen-bond acceptors (Lipinski definition) is 5. The Balaban J connectivity index is 1.81. The van der Waals surface area contributed by atoms with Crippen LogP contribution in [0.15, 0.2) is 12.4 Å². The molecule has 1 atom stereocenters. The molecule has 0 aromatic carbocycles. The zero-order valence-electron chi connectivity index (χ0n) is 12.2. The van der Waals surface area contributed by atoms with Crippen molar-refractivity contribution in [1.82, 2.24) is 19.8 Å². The highest BCUT2D eigenvalue weighted by Crippen LogP contribution is 2.28. The quantitative estimate of drug-likeness (QED) is 0.903. The van der Waals surface area contributed by atoms with Crippen LogP contribution >= 0.6 is 0 Å². The third-order valence-corrected chi connectivity index (χ3v) is 4.03. The first-order valence-electron chi connectivity index (χ1n) is 7.34. The van der Waals surface area contributed by atoms with Crippen LogP contribution in [0, 0.1) is 12.8 Å². The van der Waals surface area contributed by atoms with Crippen LogP contribution in [0.5, 0.6) is 0 Å². The predicted octanol–water partition coefficient (Wildman–Crippen LogP) is 0.915. The highest BCUT2D eigenvalue weighted by atomic mass is 16.1. The fourth-order valence-electron chi connectivity index (χ4n) is 3.03. The fourth-order valence-corrected chi connectivity index (χ4v) is 3.03. The summed E-state index contributed by atoms with van der Waals surface area (Å²) in [5.74, 6) is 0.286. The normalized spacial score (nSPS) is 19.1. The third kappa shape index (κ3) is 2.96. The summed E-state index contributed by atoms with van der Waals surface area (Å²) in [6, 6.07) is 2.06. The van der Waals surface area contributed by atoms with E-state index < -0.39 is 0 Å². The number of primary amides is 1. The number of anilines is 1. The number of aryl methyl sites for hydroxylation is 1. The summed E-state index contributed by atoms with van der Waals surface area (Å²) in [5, 5.41) is 12.5. The molecule has 0 radical (unpaired) electrons. The van der Waals surface area contributed by atoms with Gasteiger partial charge in [-0.1, -0.05) is 0 Å². The minimum absolute atomic E-state index is 0.216. The fraction of sp³-hybridized carbons (Fsp3) is 0.571. The number of carbonyl (C=O) groups is 1. The first-order chi connectivity index (χ1) is 10.1. The van der Waals surface area contributed by atoms with Crippen molar-refractivity contribution in [2.45, 2.75) is 32.6 Å². The molecule has 112 valence electrons. The number of piperidine rings is 1. The Kier molecular flexibility index (Phi) is 3.72. The van der Waals surface area contributed by atoms with Gasteiger partial charge in [0.25, 0.3) is 0 Å². The Hall–Kier alpha value is -2.18. The molecule has 0 saturated carbocycles. The van der Waals surface area contributed by atoms with E-state index in [0.717, 1.165) is 49.4 Å². The van der Waals surface area contributed by atoms with Crippen molar-refractivity contribution in [3.05, 3.63) is 18.1 Å². The van der Waals surface area contributed by atoms with Gasteiger partial charge in [-0.05, 0) is 38.2 Å². The van der Waals surface area contributed by atoms with Crippen molar-refractivity contribution < 1.29 is 4.79 Å². The number of fused-ring (bicyclic) bond motifs is 1. The van der Waals surface area contributed by atoms with Crippen LogP contribution in [0.3, 0.4) is 0 Å². The van der Waals surface area contributed by atoms with Crippen molar-refractivity contribution in [3.63, 3.8) is 0 Å². The lowest BCUT2D eigenvalue weighted by molar-refractivity contribution is -0.118. The topological polar surface area (TPSA) is 89.4 Å². The van der Waals surface area contributed by atoms with E-state index in [1.807, 2.05) is 6.92 Å². The highest BCUT2D eigenvalue weighted by Gasteiger charge is 2.23. The minimum Gasteiger partial charge on any atom is -0.370 e. The van der Waals surface area contributed by atoms with Crippen LogP contribution < -0.4 is 10.6 Å². The smallest absolute Gasteiger partial charge is 0.217 e. The Bertz CT molecular complexity index is 652. The molecule has 3 rings (SSSR count). The van der Waals surface area contributed by atoms with Gasteiger partial charge in [0.05, 0.1) is 11.4 Å². The van der Waals surface area contributed by atoms with Crippen molar-refractivity contribution >= 4 is 17.2 Å². The Morgan fingerprint density at radius 1 is 1.52 bits per heavy atom. The van der Waals surface area contributed by atoms with E-state index in [-0.39, 0.29) is 5.91 Å². The minimum atomic E-state index is -0.216. The van der Waals surface area contributed by atoms with E-state index in [1.165, 1.54) is 0 Å². The molecule has 0 bridgehead atoms. The molecule has 0 aliphatic carbocycles. The molecule has 21 heavy (non-hydrogen) atoms. The maximum atomic E-state index is 11.0. The summed E-state index contributed by atoms with van der Waals surface area (Å²) in [7, 11) is 0. The van der Waals surface area contributed by atoms with E-state index in [0.29, 0.717) is 12.3 Å². The summed E-state index contributed by atoms with van der Waals surface area (Å²) >= 11 is 0. The SMILES string of the molecule is Cc1cc(N2CCCC(CCC(N)=O)C2)c2nncn2n1. The van der Waals surface area contributed by atoms with Crippen molar-refractivity contribution in [1.29, 1.82) is 0 Å². The summed E-state index contributed by atoms with van der Waals surface area (Å²) in [6.07, 6.45) is 5.22. The maximum Gasteiger partial charge on any atom is 0.217 e. The van der Waals surface area contributed by atoms with Crippen molar-refractivity contribution in [2.75, 3.05) is 18.0 Å². The molecule has 7 heteroatoms. The summed E-state index contributed by atoms with van der Waals surface area (Å²) in [6.45, 7) is 3.90. The zero-order valence-corrected chi connectivity index (χ0v) is 12.2. The van der Waals surface area contributed by atoms with Crippen LogP contribution in [0.25, 0.3) is 5.65 Å². The highest BCUT2D eigenvalue weighted by molar-refractivity contribution is 5.73. The van der Waals surface area contributed by atoms with Crippen LogP contribution in [0.1, 0.15) is 31.4 Å². The Morgan fingerprint density at radius 2 is 2.38 bits per heavy atom. The average molecular weight is 288 g/mol. The molecule has 1 saturated heterocycles. The number of carbonyl (C=O) groups excluding carboxylic acids is 1. The van der Waals surface area contributed by atoms with Crippen molar-refractivity contribution in [2.24, 2.45) is 11.7 Å². The molecular weight excluding hydrogens is 268 g/mol. The van der Waals surface area contributed by atoms with Gasteiger partial charge in [-0.15, -0.1) is 10.2 Å². The third-order valence-electron chi connectivity index (χ3n) is 4.03. The molecule has 3 heterocycles. The monoisotopic (exact) mass is 288 g/mol. The van der Waals surface area contributed by atoms with Gasteiger partial charge in [0.1, 0.15) is 6.33 Å². The van der Waals surface area contributed by atoms with E-state index in [1.54, 1.807) is 10.8 Å². The van der Waals surface area contributed by atoms with Gasteiger partial charge < -0.3 is 10.6 Å². The Labute approximate surface area is 123 Å². The van der Waals surface area contributed by atoms with E-state index in [9.17, 15) is 4.79 Å². The standard InChI is InChI=1S/C14H20N6O/c1-10-7-12(14-17-16-9-20(14)18-10)19-6-2-3-11(8-19)4-5-13(15)21/h7,9,11H,2-6,8H2,1H3,(H2,15,21). The molecule has 2 aromatic heterocycles. The first-order valence-corrected chi connectivity index (χ1v) is 7.34. The average Bonchev–Trinajstić information content (AvgIpc) is 2.92. The second-order valence-corrected chi connectivity index (χ2v) is 5.73. The lowest BCUT2D eigenvalue weighted by Gasteiger charge is -2.34. The van der Waals surface area contributed by atoms with Gasteiger partial charge in [-0.3, -0.25) is 4.79 Å². The van der Waals surface area contributed by atoms with Crippen LogP contribution in [-0.4, -0.2) is 38.8 Å². The van der Waals surface area contributed by atoms with Crippen LogP contribution in [0.4, 0.5) is 5.69 Å². The Morgan fingerprint density at radius 3 is 3.19 bits per heavy atom. The van der Waals surface area contributed by atoms with E-state index in [4.69, 9.17) is 5.73 Å². The lowest BCUT2D eigenvalue weighted by Crippen LogP contribution is -2.36. The molecule has 0 spiro atoms. The molecule has 1 aliphatic heterocycles. The number of rotatable bonds is 4. The second-order valence-electron chi connectivity index (χ2n) is 5.73. The van der Waals surface area contributed by atoms with Gasteiger partial charge in [-0.25, -0.2) is 0 Å². The molecule has 2 aromatic rings. The largest absolute Gasteiger partial charge is 0.370 e.